The zero-order valence-electron chi connectivity index (χ0n) is 18.8. The Morgan fingerprint density at radius 2 is 1.74 bits per heavy atom. The second-order valence-corrected chi connectivity index (χ2v) is 7.72. The topological polar surface area (TPSA) is 88.8 Å². The number of aromatic nitrogens is 2. The van der Waals surface area contributed by atoms with Gasteiger partial charge in [0.2, 0.25) is 0 Å². The lowest BCUT2D eigenvalue weighted by Crippen LogP contribution is -2.41. The first-order valence-corrected chi connectivity index (χ1v) is 10.6. The van der Waals surface area contributed by atoms with Crippen molar-refractivity contribution < 1.29 is 32.2 Å². The lowest BCUT2D eigenvalue weighted by atomic mass is 10.2. The van der Waals surface area contributed by atoms with Gasteiger partial charge >= 0.3 is 11.7 Å². The van der Waals surface area contributed by atoms with Gasteiger partial charge in [0.1, 0.15) is 11.6 Å². The number of rotatable bonds is 8. The van der Waals surface area contributed by atoms with E-state index in [1.165, 1.54) is 12.1 Å². The zero-order valence-corrected chi connectivity index (χ0v) is 19.6. The highest BCUT2D eigenvalue weighted by Gasteiger charge is 2.30. The highest BCUT2D eigenvalue weighted by Crippen LogP contribution is 2.37. The molecule has 0 amide bonds. The number of benzene rings is 2. The average Bonchev–Trinajstić information content (AvgIpc) is 2.78. The van der Waals surface area contributed by atoms with E-state index in [0.29, 0.717) is 22.1 Å². The molecule has 0 bridgehead atoms. The van der Waals surface area contributed by atoms with Crippen LogP contribution in [0.1, 0.15) is 19.5 Å². The molecule has 0 aliphatic heterocycles. The number of hydrogen-bond acceptors (Lipinski definition) is 6. The van der Waals surface area contributed by atoms with E-state index in [1.54, 1.807) is 19.1 Å². The third kappa shape index (κ3) is 5.68. The summed E-state index contributed by atoms with van der Waals surface area (Å²) in [4.78, 5) is 36.8. The second-order valence-electron chi connectivity index (χ2n) is 7.31. The Morgan fingerprint density at radius 3 is 2.37 bits per heavy atom. The largest absolute Gasteiger partial charge is 0.478 e. The van der Waals surface area contributed by atoms with Gasteiger partial charge in [-0.3, -0.25) is 9.36 Å². The third-order valence-electron chi connectivity index (χ3n) is 4.73. The van der Waals surface area contributed by atoms with Crippen LogP contribution in [0.2, 0.25) is 5.02 Å². The fourth-order valence-electron chi connectivity index (χ4n) is 3.15. The molecule has 0 aliphatic carbocycles. The lowest BCUT2D eigenvalue weighted by Gasteiger charge is -2.17. The van der Waals surface area contributed by atoms with E-state index in [1.807, 2.05) is 0 Å². The van der Waals surface area contributed by atoms with E-state index in [-0.39, 0.29) is 28.9 Å². The van der Waals surface area contributed by atoms with Crippen molar-refractivity contribution in [3.05, 3.63) is 79.8 Å². The molecule has 0 atom stereocenters. The van der Waals surface area contributed by atoms with Gasteiger partial charge in [0, 0.05) is 26.1 Å². The Kier molecular flexibility index (Phi) is 7.59. The van der Waals surface area contributed by atoms with Crippen molar-refractivity contribution in [2.75, 3.05) is 13.2 Å². The summed E-state index contributed by atoms with van der Waals surface area (Å²) >= 11 is 6.11. The molecule has 1 heterocycles. The van der Waals surface area contributed by atoms with Crippen molar-refractivity contribution in [3.8, 4) is 22.9 Å². The second kappa shape index (κ2) is 10.3. The Morgan fingerprint density at radius 1 is 1.09 bits per heavy atom. The van der Waals surface area contributed by atoms with Crippen LogP contribution in [0.4, 0.5) is 13.2 Å². The molecule has 8 nitrogen and oxygen atoms in total. The summed E-state index contributed by atoms with van der Waals surface area (Å²) < 4.78 is 59.2. The Hall–Kier alpha value is -3.73. The highest BCUT2D eigenvalue weighted by atomic mass is 35.5. The first kappa shape index (κ1) is 25.9. The number of nitrogens with zero attached hydrogens (tertiary/aromatic N) is 2. The number of alkyl halides is 2. The van der Waals surface area contributed by atoms with Gasteiger partial charge in [-0.2, -0.15) is 0 Å². The summed E-state index contributed by atoms with van der Waals surface area (Å²) in [6.07, 6.45) is 0. The normalized spacial score (nSPS) is 11.3. The number of carbonyl (C=O) groups excluding carboxylic acids is 1. The van der Waals surface area contributed by atoms with Gasteiger partial charge in [-0.05, 0) is 25.1 Å². The summed E-state index contributed by atoms with van der Waals surface area (Å²) in [6, 6.07) is 8.51. The van der Waals surface area contributed by atoms with Crippen LogP contribution >= 0.6 is 11.6 Å². The quantitative estimate of drug-likeness (QED) is 0.421. The van der Waals surface area contributed by atoms with Crippen molar-refractivity contribution in [2.45, 2.75) is 19.8 Å². The smallest absolute Gasteiger partial charge is 0.344 e. The molecular formula is C23H20ClF3N2O6. The van der Waals surface area contributed by atoms with Crippen molar-refractivity contribution in [2.24, 2.45) is 7.05 Å². The van der Waals surface area contributed by atoms with Gasteiger partial charge in [0.25, 0.3) is 11.5 Å². The fraction of sp³-hybridized carbons (Fsp3) is 0.261. The van der Waals surface area contributed by atoms with E-state index in [4.69, 9.17) is 25.8 Å². The number of hydrogen-bond donors (Lipinski definition) is 0. The first-order chi connectivity index (χ1) is 16.4. The average molecular weight is 513 g/mol. The maximum atomic E-state index is 14.8. The van der Waals surface area contributed by atoms with Crippen molar-refractivity contribution in [1.29, 1.82) is 0 Å². The van der Waals surface area contributed by atoms with Gasteiger partial charge in [-0.25, -0.2) is 27.3 Å². The molecule has 0 N–H and O–H groups in total. The summed E-state index contributed by atoms with van der Waals surface area (Å²) in [5.74, 6) is -5.12. The molecule has 186 valence electrons. The van der Waals surface area contributed by atoms with Crippen LogP contribution in [-0.2, 0) is 22.5 Å². The minimum absolute atomic E-state index is 0.0810. The molecule has 0 saturated carbocycles. The van der Waals surface area contributed by atoms with Crippen LogP contribution in [0.25, 0.3) is 5.69 Å². The standard InChI is InChI=1S/C23H20ClF3N2O6/c1-4-33-21(31)12-34-16-7-5-6-8-17(16)35-18-10-15(14(25)9-13(18)24)29-20(30)11-19(23(2,26)27)28(3)22(29)32/h5-11H,4,12H2,1-3H3. The Bertz CT molecular complexity index is 1380. The molecule has 12 heteroatoms. The van der Waals surface area contributed by atoms with E-state index >= 15 is 0 Å². The molecule has 3 rings (SSSR count). The lowest BCUT2D eigenvalue weighted by molar-refractivity contribution is -0.145. The molecular weight excluding hydrogens is 493 g/mol. The molecule has 0 radical (unpaired) electrons. The van der Waals surface area contributed by atoms with Crippen molar-refractivity contribution >= 4 is 17.6 Å². The van der Waals surface area contributed by atoms with Crippen LogP contribution < -0.4 is 20.7 Å². The molecule has 2 aromatic carbocycles. The van der Waals surface area contributed by atoms with Gasteiger partial charge < -0.3 is 14.2 Å². The SMILES string of the molecule is CCOC(=O)COc1ccccc1Oc1cc(-n2c(=O)cc(C(C)(F)F)n(C)c2=O)c(F)cc1Cl. The maximum Gasteiger partial charge on any atom is 0.344 e. The summed E-state index contributed by atoms with van der Waals surface area (Å²) in [6.45, 7) is 1.94. The van der Waals surface area contributed by atoms with Crippen molar-refractivity contribution in [1.82, 2.24) is 9.13 Å². The fourth-order valence-corrected chi connectivity index (χ4v) is 3.34. The molecule has 0 spiro atoms. The van der Waals surface area contributed by atoms with Crippen LogP contribution in [0.5, 0.6) is 17.2 Å². The van der Waals surface area contributed by atoms with E-state index < -0.39 is 46.9 Å². The molecule has 0 unspecified atom stereocenters. The number of para-hydroxylation sites is 2. The Balaban J connectivity index is 2.05. The molecule has 0 aliphatic rings. The monoisotopic (exact) mass is 512 g/mol. The number of esters is 1. The van der Waals surface area contributed by atoms with Gasteiger partial charge in [0.15, 0.2) is 18.1 Å². The predicted octanol–water partition coefficient (Wildman–Crippen LogP) is 4.17. The van der Waals surface area contributed by atoms with Crippen molar-refractivity contribution in [3.63, 3.8) is 0 Å². The number of halogens is 4. The zero-order chi connectivity index (χ0) is 25.9. The Labute approximate surface area is 202 Å². The maximum absolute atomic E-state index is 14.8. The number of ether oxygens (including phenoxy) is 3. The molecule has 0 saturated heterocycles. The van der Waals surface area contributed by atoms with E-state index in [0.717, 1.165) is 19.2 Å². The predicted molar refractivity (Wildman–Crippen MR) is 120 cm³/mol. The van der Waals surface area contributed by atoms with Gasteiger partial charge in [-0.15, -0.1) is 0 Å². The van der Waals surface area contributed by atoms with E-state index in [9.17, 15) is 27.6 Å². The van der Waals surface area contributed by atoms with E-state index in [2.05, 4.69) is 0 Å². The third-order valence-corrected chi connectivity index (χ3v) is 5.03. The number of carbonyl (C=O) groups is 1. The summed E-state index contributed by atoms with van der Waals surface area (Å²) in [5.41, 5.74) is -3.76. The molecule has 0 fully saturated rings. The minimum atomic E-state index is -3.48. The van der Waals surface area contributed by atoms with Crippen LogP contribution in [0, 0.1) is 5.82 Å². The van der Waals surface area contributed by atoms with Crippen LogP contribution in [0.3, 0.4) is 0 Å². The first-order valence-electron chi connectivity index (χ1n) is 10.2. The minimum Gasteiger partial charge on any atom is -0.478 e. The highest BCUT2D eigenvalue weighted by molar-refractivity contribution is 6.32. The van der Waals surface area contributed by atoms with Crippen LogP contribution in [0.15, 0.2) is 52.1 Å². The van der Waals surface area contributed by atoms with Crippen LogP contribution in [-0.4, -0.2) is 28.3 Å². The molecule has 1 aromatic heterocycles. The van der Waals surface area contributed by atoms with Gasteiger partial charge in [-0.1, -0.05) is 23.7 Å². The summed E-state index contributed by atoms with van der Waals surface area (Å²) in [7, 11) is 1.04. The molecule has 3 aromatic rings. The molecule has 35 heavy (non-hydrogen) atoms. The summed E-state index contributed by atoms with van der Waals surface area (Å²) in [5, 5.41) is -0.215. The van der Waals surface area contributed by atoms with Gasteiger partial charge in [0.05, 0.1) is 23.0 Å².